The van der Waals surface area contributed by atoms with E-state index in [1.165, 1.54) is 11.1 Å². The maximum atomic E-state index is 4.75. The van der Waals surface area contributed by atoms with Gasteiger partial charge >= 0.3 is 0 Å². The van der Waals surface area contributed by atoms with E-state index in [4.69, 9.17) is 4.98 Å². The number of aromatic nitrogens is 2. The number of hydrogen-bond donors (Lipinski definition) is 0. The van der Waals surface area contributed by atoms with Crippen molar-refractivity contribution in [1.29, 1.82) is 0 Å². The Morgan fingerprint density at radius 3 is 2.35 bits per heavy atom. The van der Waals surface area contributed by atoms with Crippen LogP contribution in [0.25, 0.3) is 11.0 Å². The Balaban J connectivity index is 2.64. The molecule has 17 heavy (non-hydrogen) atoms. The minimum absolute atomic E-state index is 0.184. The second kappa shape index (κ2) is 3.86. The third-order valence-electron chi connectivity index (χ3n) is 3.30. The molecular formula is C15H22N2. The number of imidazole rings is 1. The Morgan fingerprint density at radius 1 is 1.18 bits per heavy atom. The normalized spacial score (nSPS) is 12.6. The molecule has 0 spiro atoms. The van der Waals surface area contributed by atoms with E-state index in [-0.39, 0.29) is 5.41 Å². The fourth-order valence-electron chi connectivity index (χ4n) is 2.20. The molecule has 0 saturated heterocycles. The van der Waals surface area contributed by atoms with E-state index >= 15 is 0 Å². The first-order valence-electron chi connectivity index (χ1n) is 6.27. The molecule has 2 aromatic rings. The van der Waals surface area contributed by atoms with Crippen molar-refractivity contribution in [3.05, 3.63) is 29.6 Å². The zero-order valence-corrected chi connectivity index (χ0v) is 11.7. The standard InChI is InChI=1S/C15H22N2/c1-10(2)14-16-12-9-11(15(3,4)5)7-8-13(12)17(14)6/h7-10H,1-6H3. The molecule has 0 fully saturated rings. The number of aryl methyl sites for hydroxylation is 1. The summed E-state index contributed by atoms with van der Waals surface area (Å²) in [6.45, 7) is 11.1. The van der Waals surface area contributed by atoms with Gasteiger partial charge in [-0.25, -0.2) is 4.98 Å². The van der Waals surface area contributed by atoms with Crippen molar-refractivity contribution in [3.63, 3.8) is 0 Å². The van der Waals surface area contributed by atoms with Crippen molar-refractivity contribution in [2.45, 2.75) is 46.0 Å². The molecule has 0 radical (unpaired) electrons. The van der Waals surface area contributed by atoms with Gasteiger partial charge in [0.05, 0.1) is 11.0 Å². The molecule has 0 bridgehead atoms. The highest BCUT2D eigenvalue weighted by atomic mass is 15.1. The Hall–Kier alpha value is -1.31. The third kappa shape index (κ3) is 2.08. The van der Waals surface area contributed by atoms with Crippen molar-refractivity contribution in [1.82, 2.24) is 9.55 Å². The number of hydrogen-bond acceptors (Lipinski definition) is 1. The first-order chi connectivity index (χ1) is 7.80. The molecule has 2 rings (SSSR count). The van der Waals surface area contributed by atoms with E-state index in [9.17, 15) is 0 Å². The second-order valence-electron chi connectivity index (χ2n) is 6.14. The summed E-state index contributed by atoms with van der Waals surface area (Å²) in [7, 11) is 2.10. The van der Waals surface area contributed by atoms with Gasteiger partial charge in [0.2, 0.25) is 0 Å². The van der Waals surface area contributed by atoms with Crippen LogP contribution in [0.4, 0.5) is 0 Å². The van der Waals surface area contributed by atoms with Crippen LogP contribution in [0.15, 0.2) is 18.2 Å². The van der Waals surface area contributed by atoms with Crippen LogP contribution in [-0.4, -0.2) is 9.55 Å². The molecule has 0 aliphatic carbocycles. The molecule has 1 aromatic carbocycles. The van der Waals surface area contributed by atoms with Crippen LogP contribution in [0.1, 0.15) is 51.9 Å². The largest absolute Gasteiger partial charge is 0.331 e. The van der Waals surface area contributed by atoms with Crippen LogP contribution in [0.5, 0.6) is 0 Å². The summed E-state index contributed by atoms with van der Waals surface area (Å²) in [5.74, 6) is 1.62. The van der Waals surface area contributed by atoms with Crippen LogP contribution >= 0.6 is 0 Å². The van der Waals surface area contributed by atoms with Crippen molar-refractivity contribution >= 4 is 11.0 Å². The summed E-state index contributed by atoms with van der Waals surface area (Å²) in [4.78, 5) is 4.75. The molecule has 0 aliphatic heterocycles. The summed E-state index contributed by atoms with van der Waals surface area (Å²) in [6, 6.07) is 6.63. The zero-order chi connectivity index (χ0) is 12.8. The summed E-state index contributed by atoms with van der Waals surface area (Å²) in [5.41, 5.74) is 3.87. The molecule has 0 aliphatic rings. The van der Waals surface area contributed by atoms with E-state index in [2.05, 4.69) is 64.4 Å². The zero-order valence-electron chi connectivity index (χ0n) is 11.7. The van der Waals surface area contributed by atoms with Gasteiger partial charge in [0.1, 0.15) is 5.82 Å². The minimum atomic E-state index is 0.184. The summed E-state index contributed by atoms with van der Waals surface area (Å²) < 4.78 is 2.20. The van der Waals surface area contributed by atoms with Gasteiger partial charge in [-0.2, -0.15) is 0 Å². The van der Waals surface area contributed by atoms with E-state index in [1.54, 1.807) is 0 Å². The summed E-state index contributed by atoms with van der Waals surface area (Å²) >= 11 is 0. The average molecular weight is 230 g/mol. The highest BCUT2D eigenvalue weighted by Crippen LogP contribution is 2.27. The summed E-state index contributed by atoms with van der Waals surface area (Å²) in [5, 5.41) is 0. The number of nitrogens with zero attached hydrogens (tertiary/aromatic N) is 2. The Labute approximate surface area is 104 Å². The molecule has 0 amide bonds. The van der Waals surface area contributed by atoms with Crippen LogP contribution in [0.3, 0.4) is 0 Å². The van der Waals surface area contributed by atoms with E-state index in [1.807, 2.05) is 0 Å². The van der Waals surface area contributed by atoms with Gasteiger partial charge in [-0.15, -0.1) is 0 Å². The third-order valence-corrected chi connectivity index (χ3v) is 3.30. The van der Waals surface area contributed by atoms with Gasteiger partial charge < -0.3 is 4.57 Å². The van der Waals surface area contributed by atoms with Crippen molar-refractivity contribution in [2.24, 2.45) is 7.05 Å². The molecule has 0 atom stereocenters. The lowest BCUT2D eigenvalue weighted by Gasteiger charge is -2.18. The van der Waals surface area contributed by atoms with Crippen LogP contribution in [-0.2, 0) is 12.5 Å². The fourth-order valence-corrected chi connectivity index (χ4v) is 2.20. The molecule has 0 unspecified atom stereocenters. The fraction of sp³-hybridized carbons (Fsp3) is 0.533. The first kappa shape index (κ1) is 12.2. The topological polar surface area (TPSA) is 17.8 Å². The predicted molar refractivity (Wildman–Crippen MR) is 73.5 cm³/mol. The number of fused-ring (bicyclic) bond motifs is 1. The van der Waals surface area contributed by atoms with Crippen LogP contribution < -0.4 is 0 Å². The van der Waals surface area contributed by atoms with Gasteiger partial charge in [-0.3, -0.25) is 0 Å². The van der Waals surface area contributed by atoms with E-state index in [0.717, 1.165) is 11.3 Å². The van der Waals surface area contributed by atoms with Gasteiger partial charge in [0, 0.05) is 13.0 Å². The lowest BCUT2D eigenvalue weighted by atomic mass is 9.87. The van der Waals surface area contributed by atoms with E-state index < -0.39 is 0 Å². The van der Waals surface area contributed by atoms with Crippen molar-refractivity contribution in [3.8, 4) is 0 Å². The molecular weight excluding hydrogens is 208 g/mol. The monoisotopic (exact) mass is 230 g/mol. The molecule has 0 saturated carbocycles. The van der Waals surface area contributed by atoms with Gasteiger partial charge in [0.15, 0.2) is 0 Å². The predicted octanol–water partition coefficient (Wildman–Crippen LogP) is 3.99. The molecule has 1 aromatic heterocycles. The van der Waals surface area contributed by atoms with Crippen LogP contribution in [0.2, 0.25) is 0 Å². The lowest BCUT2D eigenvalue weighted by Crippen LogP contribution is -2.10. The minimum Gasteiger partial charge on any atom is -0.331 e. The Kier molecular flexibility index (Phi) is 2.76. The smallest absolute Gasteiger partial charge is 0.112 e. The van der Waals surface area contributed by atoms with E-state index in [0.29, 0.717) is 5.92 Å². The molecule has 1 heterocycles. The molecule has 2 heteroatoms. The lowest BCUT2D eigenvalue weighted by molar-refractivity contribution is 0.591. The Morgan fingerprint density at radius 2 is 1.82 bits per heavy atom. The average Bonchev–Trinajstić information content (AvgIpc) is 2.54. The molecule has 0 N–H and O–H groups in total. The highest BCUT2D eigenvalue weighted by molar-refractivity contribution is 5.77. The number of rotatable bonds is 1. The summed E-state index contributed by atoms with van der Waals surface area (Å²) in [6.07, 6.45) is 0. The van der Waals surface area contributed by atoms with Gasteiger partial charge in [0.25, 0.3) is 0 Å². The molecule has 92 valence electrons. The van der Waals surface area contributed by atoms with Crippen molar-refractivity contribution in [2.75, 3.05) is 0 Å². The highest BCUT2D eigenvalue weighted by Gasteiger charge is 2.16. The van der Waals surface area contributed by atoms with Gasteiger partial charge in [-0.1, -0.05) is 40.7 Å². The Bertz CT molecular complexity index is 542. The first-order valence-corrected chi connectivity index (χ1v) is 6.27. The second-order valence-corrected chi connectivity index (χ2v) is 6.14. The maximum absolute atomic E-state index is 4.75. The number of benzene rings is 1. The quantitative estimate of drug-likeness (QED) is 0.724. The maximum Gasteiger partial charge on any atom is 0.112 e. The van der Waals surface area contributed by atoms with Crippen molar-refractivity contribution < 1.29 is 0 Å². The van der Waals surface area contributed by atoms with Gasteiger partial charge in [-0.05, 0) is 23.1 Å². The molecule has 2 nitrogen and oxygen atoms in total. The SMILES string of the molecule is CC(C)c1nc2cc(C(C)(C)C)ccc2n1C. The van der Waals surface area contributed by atoms with Crippen LogP contribution in [0, 0.1) is 0 Å².